The van der Waals surface area contributed by atoms with E-state index in [4.69, 9.17) is 9.47 Å². The zero-order chi connectivity index (χ0) is 18.2. The number of carbonyl (C=O) groups is 1. The van der Waals surface area contributed by atoms with E-state index in [1.54, 1.807) is 0 Å². The molecule has 0 spiro atoms. The molecule has 1 fully saturated rings. The normalized spacial score (nSPS) is 21.6. The maximum Gasteiger partial charge on any atom is 0.267 e. The molecule has 3 aliphatic heterocycles. The first kappa shape index (κ1) is 19.0. The van der Waals surface area contributed by atoms with Crippen LogP contribution in [0.1, 0.15) is 30.4 Å². The highest BCUT2D eigenvalue weighted by Gasteiger charge is 2.34. The Morgan fingerprint density at radius 3 is 2.71 bits per heavy atom. The van der Waals surface area contributed by atoms with Crippen LogP contribution < -0.4 is 14.8 Å². The van der Waals surface area contributed by atoms with Gasteiger partial charge in [0.2, 0.25) is 6.10 Å². The number of carbonyl (C=O) groups excluding carboxylic acids is 1. The van der Waals surface area contributed by atoms with Crippen LogP contribution in [0.2, 0.25) is 0 Å². The van der Waals surface area contributed by atoms with Crippen LogP contribution >= 0.6 is 12.4 Å². The lowest BCUT2D eigenvalue weighted by molar-refractivity contribution is -0.142. The van der Waals surface area contributed by atoms with Gasteiger partial charge in [0.15, 0.2) is 11.5 Å². The van der Waals surface area contributed by atoms with Crippen molar-refractivity contribution < 1.29 is 14.3 Å². The molecule has 1 unspecified atom stereocenters. The molecule has 1 amide bonds. The number of hydrogen-bond acceptors (Lipinski definition) is 6. The highest BCUT2D eigenvalue weighted by atomic mass is 35.5. The fourth-order valence-corrected chi connectivity index (χ4v) is 4.12. The monoisotopic (exact) mass is 405 g/mol. The van der Waals surface area contributed by atoms with Gasteiger partial charge in [-0.15, -0.1) is 22.6 Å². The van der Waals surface area contributed by atoms with Gasteiger partial charge in [-0.25, -0.2) is 0 Å². The van der Waals surface area contributed by atoms with Gasteiger partial charge in [-0.2, -0.15) is 0 Å². The summed E-state index contributed by atoms with van der Waals surface area (Å²) in [5.41, 5.74) is 0. The summed E-state index contributed by atoms with van der Waals surface area (Å²) in [4.78, 5) is 14.8. The average molecular weight is 406 g/mol. The molecule has 5 rings (SSSR count). The van der Waals surface area contributed by atoms with Crippen LogP contribution in [0.5, 0.6) is 11.5 Å². The second-order valence-electron chi connectivity index (χ2n) is 7.27. The number of aromatic nitrogens is 3. The molecule has 1 saturated heterocycles. The highest BCUT2D eigenvalue weighted by molar-refractivity contribution is 5.85. The van der Waals surface area contributed by atoms with Gasteiger partial charge in [-0.1, -0.05) is 12.1 Å². The molecule has 1 aromatic carbocycles. The molecule has 4 heterocycles. The number of para-hydroxylation sites is 2. The fraction of sp³-hybridized carbons (Fsp3) is 0.526. The van der Waals surface area contributed by atoms with Crippen LogP contribution in [0.25, 0.3) is 0 Å². The molecule has 9 heteroatoms. The number of fused-ring (bicyclic) bond motifs is 2. The average Bonchev–Trinajstić information content (AvgIpc) is 3.17. The quantitative estimate of drug-likeness (QED) is 0.812. The lowest BCUT2D eigenvalue weighted by Gasteiger charge is -2.35. The van der Waals surface area contributed by atoms with Crippen LogP contribution in [0.3, 0.4) is 0 Å². The third-order valence-electron chi connectivity index (χ3n) is 5.61. The van der Waals surface area contributed by atoms with Crippen molar-refractivity contribution in [2.24, 2.45) is 0 Å². The zero-order valence-corrected chi connectivity index (χ0v) is 16.4. The number of benzene rings is 1. The summed E-state index contributed by atoms with van der Waals surface area (Å²) >= 11 is 0. The molecule has 8 nitrogen and oxygen atoms in total. The number of likely N-dealkylation sites (tertiary alicyclic amines) is 1. The third-order valence-corrected chi connectivity index (χ3v) is 5.61. The summed E-state index contributed by atoms with van der Waals surface area (Å²) in [6, 6.07) is 7.48. The molecular formula is C19H24ClN5O3. The van der Waals surface area contributed by atoms with Gasteiger partial charge in [0.1, 0.15) is 18.3 Å². The largest absolute Gasteiger partial charge is 0.485 e. The molecule has 28 heavy (non-hydrogen) atoms. The van der Waals surface area contributed by atoms with Crippen LogP contribution in [-0.2, 0) is 17.9 Å². The smallest absolute Gasteiger partial charge is 0.267 e. The van der Waals surface area contributed by atoms with Crippen molar-refractivity contribution in [3.8, 4) is 11.5 Å². The number of halogens is 1. The standard InChI is InChI=1S/C19H23N5O3.ClH/c25-19(16-12-26-14-3-1-2-4-15(14)27-16)23-8-5-13(6-9-23)18-22-21-17-11-20-7-10-24(17)18;/h1-4,13,16,20H,5-12H2;1H. The molecule has 1 aromatic heterocycles. The van der Waals surface area contributed by atoms with E-state index in [2.05, 4.69) is 20.1 Å². The molecule has 0 aliphatic carbocycles. The van der Waals surface area contributed by atoms with E-state index in [0.717, 1.165) is 44.1 Å². The number of rotatable bonds is 2. The van der Waals surface area contributed by atoms with Crippen molar-refractivity contribution in [2.45, 2.75) is 38.0 Å². The molecule has 1 atom stereocenters. The summed E-state index contributed by atoms with van der Waals surface area (Å²) in [5.74, 6) is 3.80. The van der Waals surface area contributed by atoms with Crippen molar-refractivity contribution in [3.63, 3.8) is 0 Å². The topological polar surface area (TPSA) is 81.5 Å². The lowest BCUT2D eigenvalue weighted by atomic mass is 9.95. The predicted molar refractivity (Wildman–Crippen MR) is 104 cm³/mol. The van der Waals surface area contributed by atoms with Gasteiger partial charge >= 0.3 is 0 Å². The maximum atomic E-state index is 12.9. The highest BCUT2D eigenvalue weighted by Crippen LogP contribution is 2.32. The Kier molecular flexibility index (Phi) is 5.41. The van der Waals surface area contributed by atoms with Crippen LogP contribution in [0.4, 0.5) is 0 Å². The number of amides is 1. The summed E-state index contributed by atoms with van der Waals surface area (Å²) in [6.07, 6.45) is 1.24. The van der Waals surface area contributed by atoms with E-state index in [9.17, 15) is 4.79 Å². The predicted octanol–water partition coefficient (Wildman–Crippen LogP) is 1.35. The Morgan fingerprint density at radius 1 is 1.11 bits per heavy atom. The number of piperidine rings is 1. The van der Waals surface area contributed by atoms with Crippen molar-refractivity contribution in [3.05, 3.63) is 35.9 Å². The number of hydrogen-bond donors (Lipinski definition) is 1. The first-order valence-electron chi connectivity index (χ1n) is 9.59. The van der Waals surface area contributed by atoms with Gasteiger partial charge < -0.3 is 24.3 Å². The maximum absolute atomic E-state index is 12.9. The van der Waals surface area contributed by atoms with E-state index in [0.29, 0.717) is 30.5 Å². The van der Waals surface area contributed by atoms with E-state index >= 15 is 0 Å². The zero-order valence-electron chi connectivity index (χ0n) is 15.5. The Morgan fingerprint density at radius 2 is 1.89 bits per heavy atom. The minimum atomic E-state index is -0.566. The van der Waals surface area contributed by atoms with Gasteiger partial charge in [0.05, 0.1) is 6.54 Å². The first-order chi connectivity index (χ1) is 13.3. The Hall–Kier alpha value is -2.32. The Labute approximate surface area is 169 Å². The number of ether oxygens (including phenoxy) is 2. The SMILES string of the molecule is Cl.O=C(C1COc2ccccc2O1)N1CCC(c2nnc3n2CCNC3)CC1. The summed E-state index contributed by atoms with van der Waals surface area (Å²) in [7, 11) is 0. The summed E-state index contributed by atoms with van der Waals surface area (Å²) < 4.78 is 13.8. The van der Waals surface area contributed by atoms with Crippen LogP contribution in [0, 0.1) is 0 Å². The van der Waals surface area contributed by atoms with E-state index in [-0.39, 0.29) is 24.9 Å². The summed E-state index contributed by atoms with van der Waals surface area (Å²) in [5, 5.41) is 12.1. The van der Waals surface area contributed by atoms with Crippen LogP contribution in [0.15, 0.2) is 24.3 Å². The Balaban J connectivity index is 0.00000192. The molecular weight excluding hydrogens is 382 g/mol. The molecule has 1 N–H and O–H groups in total. The lowest BCUT2D eigenvalue weighted by Crippen LogP contribution is -2.49. The fourth-order valence-electron chi connectivity index (χ4n) is 4.12. The van der Waals surface area contributed by atoms with E-state index < -0.39 is 6.10 Å². The van der Waals surface area contributed by atoms with Gasteiger partial charge in [0, 0.05) is 32.1 Å². The minimum Gasteiger partial charge on any atom is -0.485 e. The number of nitrogens with zero attached hydrogens (tertiary/aromatic N) is 4. The third kappa shape index (κ3) is 3.42. The van der Waals surface area contributed by atoms with Gasteiger partial charge in [-0.3, -0.25) is 4.79 Å². The van der Waals surface area contributed by atoms with Crippen LogP contribution in [-0.4, -0.2) is 57.9 Å². The summed E-state index contributed by atoms with van der Waals surface area (Å²) in [6.45, 7) is 4.35. The molecule has 0 bridgehead atoms. The number of nitrogens with one attached hydrogen (secondary N) is 1. The Bertz CT molecular complexity index is 850. The van der Waals surface area contributed by atoms with Crippen molar-refractivity contribution in [1.29, 1.82) is 0 Å². The molecule has 3 aliphatic rings. The first-order valence-corrected chi connectivity index (χ1v) is 9.59. The minimum absolute atomic E-state index is 0. The van der Waals surface area contributed by atoms with Crippen molar-refractivity contribution >= 4 is 18.3 Å². The second-order valence-corrected chi connectivity index (χ2v) is 7.27. The molecule has 0 radical (unpaired) electrons. The van der Waals surface area contributed by atoms with Gasteiger partial charge in [-0.05, 0) is 25.0 Å². The molecule has 0 saturated carbocycles. The van der Waals surface area contributed by atoms with Crippen molar-refractivity contribution in [2.75, 3.05) is 26.2 Å². The van der Waals surface area contributed by atoms with Gasteiger partial charge in [0.25, 0.3) is 5.91 Å². The second kappa shape index (κ2) is 7.97. The molecule has 2 aromatic rings. The molecule has 150 valence electrons. The van der Waals surface area contributed by atoms with E-state index in [1.807, 2.05) is 29.2 Å². The van der Waals surface area contributed by atoms with Crippen molar-refractivity contribution in [1.82, 2.24) is 25.0 Å². The van der Waals surface area contributed by atoms with E-state index in [1.165, 1.54) is 0 Å².